The van der Waals surface area contributed by atoms with E-state index in [4.69, 9.17) is 0 Å². The Morgan fingerprint density at radius 1 is 1.05 bits per heavy atom. The molecule has 0 aliphatic rings. The van der Waals surface area contributed by atoms with E-state index in [1.165, 1.54) is 0 Å². The van der Waals surface area contributed by atoms with E-state index in [0.29, 0.717) is 11.4 Å². The topological polar surface area (TPSA) is 51.7 Å². The number of imidazole rings is 1. The van der Waals surface area contributed by atoms with Crippen molar-refractivity contribution >= 4 is 22.5 Å². The van der Waals surface area contributed by atoms with Crippen molar-refractivity contribution in [2.24, 2.45) is 0 Å². The van der Waals surface area contributed by atoms with Crippen LogP contribution in [0.3, 0.4) is 0 Å². The summed E-state index contributed by atoms with van der Waals surface area (Å²) >= 11 is 0. The van der Waals surface area contributed by atoms with Gasteiger partial charge in [0.05, 0.1) is 11.0 Å². The van der Waals surface area contributed by atoms with Crippen LogP contribution in [0.15, 0.2) is 47.4 Å². The highest BCUT2D eigenvalue weighted by molar-refractivity contribution is 5.79. The fraction of sp³-hybridized carbons (Fsp3) is 0.0714. The van der Waals surface area contributed by atoms with E-state index >= 15 is 0 Å². The Labute approximate surface area is 107 Å². The molecule has 0 unspecified atom stereocenters. The van der Waals surface area contributed by atoms with E-state index in [2.05, 4.69) is 9.97 Å². The molecule has 0 bridgehead atoms. The highest BCUT2D eigenvalue weighted by atomic mass is 16.1. The molecule has 3 aromatic heterocycles. The van der Waals surface area contributed by atoms with Crippen LogP contribution in [0.4, 0.5) is 0 Å². The van der Waals surface area contributed by atoms with Gasteiger partial charge in [0.2, 0.25) is 5.78 Å². The second-order valence-electron chi connectivity index (χ2n) is 4.56. The van der Waals surface area contributed by atoms with Gasteiger partial charge in [0.25, 0.3) is 0 Å². The summed E-state index contributed by atoms with van der Waals surface area (Å²) in [4.78, 5) is 21.4. The number of benzene rings is 1. The number of nitrogens with zero attached hydrogens (tertiary/aromatic N) is 4. The lowest BCUT2D eigenvalue weighted by Crippen LogP contribution is -2.22. The Balaban J connectivity index is 2.34. The number of rotatable bonds is 0. The van der Waals surface area contributed by atoms with E-state index in [-0.39, 0.29) is 5.69 Å². The first kappa shape index (κ1) is 10.3. The number of fused-ring (bicyclic) bond motifs is 4. The van der Waals surface area contributed by atoms with Gasteiger partial charge >= 0.3 is 5.69 Å². The zero-order valence-corrected chi connectivity index (χ0v) is 10.2. The van der Waals surface area contributed by atoms with Crippen LogP contribution < -0.4 is 5.69 Å². The SMILES string of the molecule is Cc1ccc2nc3nc4ccccc4n3c(=O)n2c1. The van der Waals surface area contributed by atoms with Crippen LogP contribution in [-0.2, 0) is 0 Å². The van der Waals surface area contributed by atoms with Crippen molar-refractivity contribution < 1.29 is 0 Å². The average molecular weight is 250 g/mol. The minimum absolute atomic E-state index is 0.141. The number of pyridine rings is 1. The van der Waals surface area contributed by atoms with Crippen molar-refractivity contribution in [1.82, 2.24) is 18.8 Å². The Morgan fingerprint density at radius 3 is 2.79 bits per heavy atom. The molecule has 0 fully saturated rings. The molecule has 0 N–H and O–H groups in total. The third-order valence-electron chi connectivity index (χ3n) is 3.23. The maximum Gasteiger partial charge on any atom is 0.341 e. The third kappa shape index (κ3) is 1.32. The number of aromatic nitrogens is 4. The van der Waals surface area contributed by atoms with Gasteiger partial charge in [-0.05, 0) is 30.7 Å². The van der Waals surface area contributed by atoms with E-state index in [0.717, 1.165) is 16.6 Å². The molecule has 0 aliphatic heterocycles. The first-order chi connectivity index (χ1) is 9.24. The minimum atomic E-state index is -0.141. The van der Waals surface area contributed by atoms with Crippen molar-refractivity contribution in [2.45, 2.75) is 6.92 Å². The van der Waals surface area contributed by atoms with Crippen LogP contribution in [0, 0.1) is 6.92 Å². The monoisotopic (exact) mass is 250 g/mol. The molecule has 92 valence electrons. The highest BCUT2D eigenvalue weighted by Crippen LogP contribution is 2.13. The van der Waals surface area contributed by atoms with Crippen LogP contribution in [0.25, 0.3) is 22.5 Å². The summed E-state index contributed by atoms with van der Waals surface area (Å²) in [5.74, 6) is 0.440. The second kappa shape index (κ2) is 3.41. The summed E-state index contributed by atoms with van der Waals surface area (Å²) in [5, 5.41) is 0. The predicted molar refractivity (Wildman–Crippen MR) is 72.5 cm³/mol. The number of hydrogen-bond donors (Lipinski definition) is 0. The van der Waals surface area contributed by atoms with Crippen LogP contribution in [0.2, 0.25) is 0 Å². The third-order valence-corrected chi connectivity index (χ3v) is 3.23. The Kier molecular flexibility index (Phi) is 1.84. The Hall–Kier alpha value is -2.69. The molecule has 4 rings (SSSR count). The maximum atomic E-state index is 12.6. The summed E-state index contributed by atoms with van der Waals surface area (Å²) in [5.41, 5.74) is 3.04. The van der Waals surface area contributed by atoms with Gasteiger partial charge in [-0.25, -0.2) is 14.2 Å². The molecular formula is C14H10N4O. The molecule has 5 nitrogen and oxygen atoms in total. The molecule has 0 radical (unpaired) electrons. The van der Waals surface area contributed by atoms with Crippen molar-refractivity contribution in [3.05, 3.63) is 58.6 Å². The standard InChI is InChI=1S/C14H10N4O/c1-9-6-7-12-16-13-15-10-4-2-3-5-11(10)18(13)14(19)17(12)8-9/h2-8H,1H3. The predicted octanol–water partition coefficient (Wildman–Crippen LogP) is 1.80. The van der Waals surface area contributed by atoms with Gasteiger partial charge in [-0.3, -0.25) is 4.40 Å². The minimum Gasteiger partial charge on any atom is -0.252 e. The van der Waals surface area contributed by atoms with Crippen molar-refractivity contribution in [3.8, 4) is 0 Å². The van der Waals surface area contributed by atoms with E-state index in [9.17, 15) is 4.79 Å². The molecule has 0 spiro atoms. The van der Waals surface area contributed by atoms with E-state index in [1.54, 1.807) is 15.0 Å². The first-order valence-electron chi connectivity index (χ1n) is 6.00. The van der Waals surface area contributed by atoms with Crippen LogP contribution in [0.5, 0.6) is 0 Å². The first-order valence-corrected chi connectivity index (χ1v) is 6.00. The smallest absolute Gasteiger partial charge is 0.252 e. The number of hydrogen-bond acceptors (Lipinski definition) is 3. The molecule has 0 saturated heterocycles. The summed E-state index contributed by atoms with van der Waals surface area (Å²) in [6, 6.07) is 11.3. The van der Waals surface area contributed by atoms with Gasteiger partial charge in [-0.15, -0.1) is 0 Å². The summed E-state index contributed by atoms with van der Waals surface area (Å²) in [6.45, 7) is 1.95. The van der Waals surface area contributed by atoms with Gasteiger partial charge in [0.1, 0.15) is 5.65 Å². The largest absolute Gasteiger partial charge is 0.341 e. The summed E-state index contributed by atoms with van der Waals surface area (Å²) in [6.07, 6.45) is 1.79. The quantitative estimate of drug-likeness (QED) is 0.478. The van der Waals surface area contributed by atoms with Gasteiger partial charge < -0.3 is 0 Å². The molecule has 4 aromatic rings. The second-order valence-corrected chi connectivity index (χ2v) is 4.56. The number of aryl methyl sites for hydroxylation is 1. The molecule has 0 saturated carbocycles. The number of para-hydroxylation sites is 2. The fourth-order valence-electron chi connectivity index (χ4n) is 2.33. The zero-order chi connectivity index (χ0) is 13.0. The summed E-state index contributed by atoms with van der Waals surface area (Å²) < 4.78 is 3.10. The molecule has 1 aromatic carbocycles. The molecule has 19 heavy (non-hydrogen) atoms. The molecule has 0 amide bonds. The van der Waals surface area contributed by atoms with Gasteiger partial charge in [0, 0.05) is 6.20 Å². The highest BCUT2D eigenvalue weighted by Gasteiger charge is 2.10. The lowest BCUT2D eigenvalue weighted by molar-refractivity contribution is 0.915. The molecule has 0 atom stereocenters. The zero-order valence-electron chi connectivity index (χ0n) is 10.2. The van der Waals surface area contributed by atoms with Crippen molar-refractivity contribution in [3.63, 3.8) is 0 Å². The Morgan fingerprint density at radius 2 is 1.89 bits per heavy atom. The lowest BCUT2D eigenvalue weighted by Gasteiger charge is -2.02. The molecular weight excluding hydrogens is 240 g/mol. The van der Waals surface area contributed by atoms with Gasteiger partial charge in [-0.2, -0.15) is 4.98 Å². The average Bonchev–Trinajstić information content (AvgIpc) is 2.78. The molecule has 3 heterocycles. The van der Waals surface area contributed by atoms with Crippen LogP contribution in [-0.4, -0.2) is 18.8 Å². The van der Waals surface area contributed by atoms with E-state index in [1.807, 2.05) is 43.3 Å². The van der Waals surface area contributed by atoms with Gasteiger partial charge in [0.15, 0.2) is 0 Å². The van der Waals surface area contributed by atoms with Crippen molar-refractivity contribution in [1.29, 1.82) is 0 Å². The van der Waals surface area contributed by atoms with E-state index < -0.39 is 0 Å². The fourth-order valence-corrected chi connectivity index (χ4v) is 2.33. The lowest BCUT2D eigenvalue weighted by atomic mass is 10.3. The van der Waals surface area contributed by atoms with Crippen LogP contribution in [0.1, 0.15) is 5.56 Å². The van der Waals surface area contributed by atoms with Crippen molar-refractivity contribution in [2.75, 3.05) is 0 Å². The Bertz CT molecular complexity index is 997. The van der Waals surface area contributed by atoms with Crippen LogP contribution >= 0.6 is 0 Å². The normalized spacial score (nSPS) is 11.6. The summed E-state index contributed by atoms with van der Waals surface area (Å²) in [7, 11) is 0. The maximum absolute atomic E-state index is 12.6. The van der Waals surface area contributed by atoms with Gasteiger partial charge in [-0.1, -0.05) is 18.2 Å². The molecule has 5 heteroatoms. The molecule has 0 aliphatic carbocycles.